The lowest BCUT2D eigenvalue weighted by Crippen LogP contribution is -2.33. The summed E-state index contributed by atoms with van der Waals surface area (Å²) in [4.78, 5) is 29.1. The van der Waals surface area contributed by atoms with Crippen LogP contribution in [0.15, 0.2) is 41.4 Å². The van der Waals surface area contributed by atoms with E-state index >= 15 is 0 Å². The molecule has 0 spiro atoms. The average molecular weight is 343 g/mol. The van der Waals surface area contributed by atoms with E-state index in [9.17, 15) is 14.7 Å². The number of rotatable bonds is 4. The van der Waals surface area contributed by atoms with E-state index < -0.39 is 5.97 Å². The monoisotopic (exact) mass is 343 g/mol. The average Bonchev–Trinajstić information content (AvgIpc) is 2.79. The summed E-state index contributed by atoms with van der Waals surface area (Å²) in [7, 11) is 0. The van der Waals surface area contributed by atoms with Crippen LogP contribution >= 0.6 is 24.0 Å². The Kier molecular flexibility index (Phi) is 4.40. The van der Waals surface area contributed by atoms with Gasteiger partial charge in [-0.15, -0.1) is 0 Å². The van der Waals surface area contributed by atoms with Crippen molar-refractivity contribution in [3.05, 3.63) is 47.0 Å². The van der Waals surface area contributed by atoms with Gasteiger partial charge in [0.1, 0.15) is 4.32 Å². The van der Waals surface area contributed by atoms with Crippen molar-refractivity contribution in [2.24, 2.45) is 0 Å². The molecular formula is C16H11N2O3S2-. The van der Waals surface area contributed by atoms with Crippen LogP contribution in [0.1, 0.15) is 12.0 Å². The maximum atomic E-state index is 12.4. The number of nitrogens with zero attached hydrogens (tertiary/aromatic N) is 2. The highest BCUT2D eigenvalue weighted by Crippen LogP contribution is 2.33. The van der Waals surface area contributed by atoms with Crippen LogP contribution in [0.2, 0.25) is 0 Å². The number of para-hydroxylation sites is 1. The third-order valence-corrected chi connectivity index (χ3v) is 4.74. The standard InChI is InChI=1S/C16H12N2O3S2/c19-13(20)6-8-18-15(21)12(23-16(18)22)9-11-4-1-3-10-5-2-7-17-14(10)11/h1-5,7,9H,6,8H2,(H,19,20)/p-1/b12-9-. The minimum Gasteiger partial charge on any atom is -0.550 e. The number of hydrogen-bond donors (Lipinski definition) is 0. The van der Waals surface area contributed by atoms with E-state index in [0.717, 1.165) is 28.2 Å². The second-order valence-corrected chi connectivity index (χ2v) is 6.55. The van der Waals surface area contributed by atoms with Gasteiger partial charge in [-0.3, -0.25) is 14.7 Å². The van der Waals surface area contributed by atoms with E-state index in [4.69, 9.17) is 12.2 Å². The molecule has 7 heteroatoms. The number of hydrogen-bond acceptors (Lipinski definition) is 6. The minimum absolute atomic E-state index is 0.0259. The highest BCUT2D eigenvalue weighted by molar-refractivity contribution is 8.26. The molecule has 1 aromatic carbocycles. The third kappa shape index (κ3) is 3.25. The molecule has 1 amide bonds. The zero-order valence-electron chi connectivity index (χ0n) is 11.9. The second kappa shape index (κ2) is 6.47. The molecule has 0 atom stereocenters. The number of thiocarbonyl (C=S) groups is 1. The number of fused-ring (bicyclic) bond motifs is 1. The van der Waals surface area contributed by atoms with Crippen LogP contribution in [0.25, 0.3) is 17.0 Å². The molecule has 2 heterocycles. The Hall–Kier alpha value is -2.25. The molecule has 116 valence electrons. The number of amides is 1. The Bertz CT molecular complexity index is 843. The van der Waals surface area contributed by atoms with Gasteiger partial charge in [0, 0.05) is 36.1 Å². The minimum atomic E-state index is -1.21. The number of aromatic nitrogens is 1. The number of thioether (sulfide) groups is 1. The molecule has 0 saturated carbocycles. The molecule has 2 aromatic rings. The second-order valence-electron chi connectivity index (χ2n) is 4.88. The SMILES string of the molecule is O=C([O-])CCN1C(=O)/C(=C/c2cccc3cccnc23)SC1=S. The van der Waals surface area contributed by atoms with Gasteiger partial charge in [0.15, 0.2) is 0 Å². The van der Waals surface area contributed by atoms with Crippen LogP contribution in [-0.2, 0) is 9.59 Å². The Labute approximate surface area is 142 Å². The zero-order chi connectivity index (χ0) is 16.4. The van der Waals surface area contributed by atoms with Crippen LogP contribution in [0.3, 0.4) is 0 Å². The van der Waals surface area contributed by atoms with Crippen molar-refractivity contribution < 1.29 is 14.7 Å². The molecule has 1 fully saturated rings. The molecule has 0 unspecified atom stereocenters. The summed E-state index contributed by atoms with van der Waals surface area (Å²) in [6, 6.07) is 9.52. The largest absolute Gasteiger partial charge is 0.550 e. The van der Waals surface area contributed by atoms with Gasteiger partial charge in [0.05, 0.1) is 10.4 Å². The van der Waals surface area contributed by atoms with Crippen molar-refractivity contribution in [1.29, 1.82) is 0 Å². The van der Waals surface area contributed by atoms with Gasteiger partial charge >= 0.3 is 0 Å². The van der Waals surface area contributed by atoms with Crippen molar-refractivity contribution >= 4 is 57.2 Å². The van der Waals surface area contributed by atoms with Crippen molar-refractivity contribution in [1.82, 2.24) is 9.88 Å². The van der Waals surface area contributed by atoms with Crippen LogP contribution in [0.4, 0.5) is 0 Å². The normalized spacial score (nSPS) is 16.5. The summed E-state index contributed by atoms with van der Waals surface area (Å²) in [5.74, 6) is -1.49. The highest BCUT2D eigenvalue weighted by Gasteiger charge is 2.31. The molecule has 1 aliphatic rings. The third-order valence-electron chi connectivity index (χ3n) is 3.36. The first-order valence-electron chi connectivity index (χ1n) is 6.85. The summed E-state index contributed by atoms with van der Waals surface area (Å²) in [5.41, 5.74) is 1.62. The molecule has 0 bridgehead atoms. The first-order chi connectivity index (χ1) is 11.1. The van der Waals surface area contributed by atoms with Gasteiger partial charge in [-0.2, -0.15) is 0 Å². The number of carbonyl (C=O) groups excluding carboxylic acids is 2. The van der Waals surface area contributed by atoms with Crippen LogP contribution in [-0.4, -0.2) is 32.6 Å². The first-order valence-corrected chi connectivity index (χ1v) is 8.07. The number of carbonyl (C=O) groups is 2. The lowest BCUT2D eigenvalue weighted by molar-refractivity contribution is -0.305. The van der Waals surface area contributed by atoms with E-state index in [0.29, 0.717) is 9.23 Å². The molecule has 5 nitrogen and oxygen atoms in total. The Morgan fingerprint density at radius 3 is 2.91 bits per heavy atom. The molecule has 1 aromatic heterocycles. The fourth-order valence-corrected chi connectivity index (χ4v) is 3.58. The van der Waals surface area contributed by atoms with Gasteiger partial charge in [-0.1, -0.05) is 48.2 Å². The summed E-state index contributed by atoms with van der Waals surface area (Å²) in [6.07, 6.45) is 3.20. The van der Waals surface area contributed by atoms with Crippen molar-refractivity contribution in [3.63, 3.8) is 0 Å². The van der Waals surface area contributed by atoms with Crippen LogP contribution in [0.5, 0.6) is 0 Å². The highest BCUT2D eigenvalue weighted by atomic mass is 32.2. The molecular weight excluding hydrogens is 332 g/mol. The van der Waals surface area contributed by atoms with Gasteiger partial charge < -0.3 is 9.90 Å². The summed E-state index contributed by atoms with van der Waals surface area (Å²) in [5, 5.41) is 11.5. The smallest absolute Gasteiger partial charge is 0.266 e. The summed E-state index contributed by atoms with van der Waals surface area (Å²) >= 11 is 6.32. The molecule has 1 saturated heterocycles. The zero-order valence-corrected chi connectivity index (χ0v) is 13.5. The van der Waals surface area contributed by atoms with Gasteiger partial charge in [0.2, 0.25) is 0 Å². The lowest BCUT2D eigenvalue weighted by atomic mass is 10.1. The fourth-order valence-electron chi connectivity index (χ4n) is 2.28. The molecule has 3 rings (SSSR count). The lowest BCUT2D eigenvalue weighted by Gasteiger charge is -2.14. The Morgan fingerprint density at radius 1 is 1.35 bits per heavy atom. The number of carboxylic acids is 1. The van der Waals surface area contributed by atoms with Crippen molar-refractivity contribution in [3.8, 4) is 0 Å². The summed E-state index contributed by atoms with van der Waals surface area (Å²) in [6.45, 7) is 0.0259. The Balaban J connectivity index is 1.92. The number of aliphatic carboxylic acids is 1. The van der Waals surface area contributed by atoms with E-state index in [-0.39, 0.29) is 18.9 Å². The van der Waals surface area contributed by atoms with Crippen LogP contribution in [0, 0.1) is 0 Å². The topological polar surface area (TPSA) is 73.3 Å². The van der Waals surface area contributed by atoms with E-state index in [2.05, 4.69) is 4.98 Å². The number of benzene rings is 1. The fraction of sp³-hybridized carbons (Fsp3) is 0.125. The maximum absolute atomic E-state index is 12.4. The van der Waals surface area contributed by atoms with Gasteiger partial charge in [-0.25, -0.2) is 0 Å². The molecule has 23 heavy (non-hydrogen) atoms. The predicted octanol–water partition coefficient (Wildman–Crippen LogP) is 1.58. The number of carboxylic acid groups (broad SMARTS) is 1. The van der Waals surface area contributed by atoms with Crippen molar-refractivity contribution in [2.45, 2.75) is 6.42 Å². The van der Waals surface area contributed by atoms with Crippen molar-refractivity contribution in [2.75, 3.05) is 6.54 Å². The predicted molar refractivity (Wildman–Crippen MR) is 91.2 cm³/mol. The molecule has 0 radical (unpaired) electrons. The van der Waals surface area contributed by atoms with E-state index in [1.165, 1.54) is 4.90 Å². The molecule has 1 aliphatic heterocycles. The Morgan fingerprint density at radius 2 is 2.13 bits per heavy atom. The molecule has 0 aliphatic carbocycles. The van der Waals surface area contributed by atoms with Gasteiger partial charge in [0.25, 0.3) is 5.91 Å². The van der Waals surface area contributed by atoms with E-state index in [1.807, 2.05) is 30.3 Å². The van der Waals surface area contributed by atoms with E-state index in [1.54, 1.807) is 12.3 Å². The number of pyridine rings is 1. The summed E-state index contributed by atoms with van der Waals surface area (Å²) < 4.78 is 0.357. The van der Waals surface area contributed by atoms with Gasteiger partial charge in [-0.05, 0) is 12.1 Å². The molecule has 0 N–H and O–H groups in total. The first kappa shape index (κ1) is 15.6. The maximum Gasteiger partial charge on any atom is 0.266 e. The van der Waals surface area contributed by atoms with Crippen LogP contribution < -0.4 is 5.11 Å². The quantitative estimate of drug-likeness (QED) is 0.620.